The van der Waals surface area contributed by atoms with E-state index >= 15 is 0 Å². The van der Waals surface area contributed by atoms with E-state index in [2.05, 4.69) is 54.6 Å². The van der Waals surface area contributed by atoms with Gasteiger partial charge in [-0.05, 0) is 48.9 Å². The largest absolute Gasteiger partial charge is 0.378 e. The maximum Gasteiger partial charge on any atom is 0.0408 e. The summed E-state index contributed by atoms with van der Waals surface area (Å²) in [7, 11) is 6.12. The van der Waals surface area contributed by atoms with E-state index in [0.717, 1.165) is 11.4 Å². The quantitative estimate of drug-likeness (QED) is 0.897. The first-order valence-electron chi connectivity index (χ1n) is 6.79. The topological polar surface area (TPSA) is 15.3 Å². The van der Waals surface area contributed by atoms with Gasteiger partial charge in [0.05, 0.1) is 0 Å². The number of anilines is 1. The van der Waals surface area contributed by atoms with E-state index in [-0.39, 0.29) is 6.04 Å². The molecule has 0 fully saturated rings. The molecule has 2 aromatic carbocycles. The lowest BCUT2D eigenvalue weighted by Crippen LogP contribution is -2.19. The van der Waals surface area contributed by atoms with Crippen molar-refractivity contribution in [2.75, 3.05) is 26.0 Å². The van der Waals surface area contributed by atoms with Gasteiger partial charge in [-0.2, -0.15) is 0 Å². The van der Waals surface area contributed by atoms with Crippen LogP contribution in [0.2, 0.25) is 5.02 Å². The van der Waals surface area contributed by atoms with E-state index in [1.807, 2.05) is 25.2 Å². The van der Waals surface area contributed by atoms with Crippen LogP contribution in [0, 0.1) is 0 Å². The van der Waals surface area contributed by atoms with Crippen LogP contribution in [0.1, 0.15) is 17.2 Å². The first kappa shape index (κ1) is 14.9. The molecule has 2 aromatic rings. The van der Waals surface area contributed by atoms with Crippen molar-refractivity contribution in [3.8, 4) is 0 Å². The van der Waals surface area contributed by atoms with Gasteiger partial charge in [-0.1, -0.05) is 35.9 Å². The van der Waals surface area contributed by atoms with E-state index in [4.69, 9.17) is 11.6 Å². The summed E-state index contributed by atoms with van der Waals surface area (Å²) in [6.45, 7) is 0. The molecule has 0 bridgehead atoms. The molecule has 0 aliphatic carbocycles. The van der Waals surface area contributed by atoms with Gasteiger partial charge in [0, 0.05) is 30.8 Å². The second-order valence-electron chi connectivity index (χ2n) is 5.16. The summed E-state index contributed by atoms with van der Waals surface area (Å²) in [5.74, 6) is 0. The average molecular weight is 289 g/mol. The molecular formula is C17H21ClN2. The maximum atomic E-state index is 6.06. The molecule has 106 valence electrons. The van der Waals surface area contributed by atoms with Gasteiger partial charge in [-0.15, -0.1) is 0 Å². The van der Waals surface area contributed by atoms with Crippen molar-refractivity contribution in [2.24, 2.45) is 0 Å². The Morgan fingerprint density at radius 2 is 1.85 bits per heavy atom. The van der Waals surface area contributed by atoms with Crippen molar-refractivity contribution in [2.45, 2.75) is 12.5 Å². The Balaban J connectivity index is 2.22. The lowest BCUT2D eigenvalue weighted by Gasteiger charge is -2.20. The van der Waals surface area contributed by atoms with Gasteiger partial charge in [0.25, 0.3) is 0 Å². The van der Waals surface area contributed by atoms with Crippen molar-refractivity contribution in [3.63, 3.8) is 0 Å². The minimum Gasteiger partial charge on any atom is -0.378 e. The number of benzene rings is 2. The highest BCUT2D eigenvalue weighted by molar-refractivity contribution is 6.30. The molecular weight excluding hydrogens is 268 g/mol. The number of nitrogens with zero attached hydrogens (tertiary/aromatic N) is 1. The Labute approximate surface area is 126 Å². The molecule has 2 rings (SSSR count). The van der Waals surface area contributed by atoms with Crippen LogP contribution in [0.3, 0.4) is 0 Å². The standard InChI is InChI=1S/C17H21ClN2/c1-19-17(11-13-6-4-8-15(18)10-13)14-7-5-9-16(12-14)20(2)3/h4-10,12,17,19H,11H2,1-3H3. The van der Waals surface area contributed by atoms with Gasteiger partial charge < -0.3 is 10.2 Å². The predicted octanol–water partition coefficient (Wildman–Crippen LogP) is 3.91. The molecule has 20 heavy (non-hydrogen) atoms. The zero-order valence-electron chi connectivity index (χ0n) is 12.2. The van der Waals surface area contributed by atoms with E-state index in [1.54, 1.807) is 0 Å². The molecule has 3 heteroatoms. The molecule has 2 nitrogen and oxygen atoms in total. The summed E-state index contributed by atoms with van der Waals surface area (Å²) >= 11 is 6.06. The monoisotopic (exact) mass is 288 g/mol. The van der Waals surface area contributed by atoms with Crippen LogP contribution in [0.15, 0.2) is 48.5 Å². The number of likely N-dealkylation sites (N-methyl/N-ethyl adjacent to an activating group) is 1. The minimum atomic E-state index is 0.286. The van der Waals surface area contributed by atoms with Crippen molar-refractivity contribution < 1.29 is 0 Å². The van der Waals surface area contributed by atoms with Gasteiger partial charge in [0.2, 0.25) is 0 Å². The predicted molar refractivity (Wildman–Crippen MR) is 87.7 cm³/mol. The van der Waals surface area contributed by atoms with Crippen LogP contribution >= 0.6 is 11.6 Å². The van der Waals surface area contributed by atoms with E-state index in [0.29, 0.717) is 0 Å². The summed E-state index contributed by atoms with van der Waals surface area (Å²) < 4.78 is 0. The Morgan fingerprint density at radius 3 is 2.50 bits per heavy atom. The highest BCUT2D eigenvalue weighted by atomic mass is 35.5. The Kier molecular flexibility index (Phi) is 5.05. The molecule has 0 heterocycles. The van der Waals surface area contributed by atoms with Crippen LogP contribution in [-0.2, 0) is 6.42 Å². The molecule has 0 aliphatic rings. The number of nitrogens with one attached hydrogen (secondary N) is 1. The van der Waals surface area contributed by atoms with E-state index in [9.17, 15) is 0 Å². The molecule has 0 saturated carbocycles. The lowest BCUT2D eigenvalue weighted by molar-refractivity contribution is 0.592. The molecule has 0 aromatic heterocycles. The van der Waals surface area contributed by atoms with Gasteiger partial charge in [0.15, 0.2) is 0 Å². The molecule has 0 spiro atoms. The highest BCUT2D eigenvalue weighted by Crippen LogP contribution is 2.23. The van der Waals surface area contributed by atoms with Crippen molar-refractivity contribution in [1.29, 1.82) is 0 Å². The number of hydrogen-bond donors (Lipinski definition) is 1. The first-order chi connectivity index (χ1) is 9.60. The van der Waals surface area contributed by atoms with Crippen molar-refractivity contribution in [1.82, 2.24) is 5.32 Å². The van der Waals surface area contributed by atoms with Crippen LogP contribution < -0.4 is 10.2 Å². The highest BCUT2D eigenvalue weighted by Gasteiger charge is 2.11. The van der Waals surface area contributed by atoms with Crippen molar-refractivity contribution in [3.05, 3.63) is 64.7 Å². The van der Waals surface area contributed by atoms with E-state index < -0.39 is 0 Å². The van der Waals surface area contributed by atoms with Gasteiger partial charge in [-0.3, -0.25) is 0 Å². The minimum absolute atomic E-state index is 0.286. The third-order valence-electron chi connectivity index (χ3n) is 3.47. The van der Waals surface area contributed by atoms with Crippen LogP contribution in [0.5, 0.6) is 0 Å². The maximum absolute atomic E-state index is 6.06. The SMILES string of the molecule is CNC(Cc1cccc(Cl)c1)c1cccc(N(C)C)c1. The fourth-order valence-corrected chi connectivity index (χ4v) is 2.52. The zero-order chi connectivity index (χ0) is 14.5. The normalized spacial score (nSPS) is 12.2. The van der Waals surface area contributed by atoms with E-state index in [1.165, 1.54) is 16.8 Å². The first-order valence-corrected chi connectivity index (χ1v) is 7.17. The molecule has 1 N–H and O–H groups in total. The van der Waals surface area contributed by atoms with Gasteiger partial charge >= 0.3 is 0 Å². The van der Waals surface area contributed by atoms with Gasteiger partial charge in [-0.25, -0.2) is 0 Å². The summed E-state index contributed by atoms with van der Waals surface area (Å²) in [6, 6.07) is 17.0. The second-order valence-corrected chi connectivity index (χ2v) is 5.60. The van der Waals surface area contributed by atoms with Crippen LogP contribution in [0.4, 0.5) is 5.69 Å². The van der Waals surface area contributed by atoms with Crippen molar-refractivity contribution >= 4 is 17.3 Å². The van der Waals surface area contributed by atoms with Crippen LogP contribution in [0.25, 0.3) is 0 Å². The molecule has 1 unspecified atom stereocenters. The molecule has 1 atom stereocenters. The van der Waals surface area contributed by atoms with Crippen LogP contribution in [-0.4, -0.2) is 21.1 Å². The average Bonchev–Trinajstić information content (AvgIpc) is 2.45. The Bertz CT molecular complexity index is 566. The third-order valence-corrected chi connectivity index (χ3v) is 3.70. The summed E-state index contributed by atoms with van der Waals surface area (Å²) in [4.78, 5) is 2.12. The fraction of sp³-hybridized carbons (Fsp3) is 0.294. The fourth-order valence-electron chi connectivity index (χ4n) is 2.31. The number of rotatable bonds is 5. The summed E-state index contributed by atoms with van der Waals surface area (Å²) in [6.07, 6.45) is 0.925. The molecule has 0 saturated heterocycles. The summed E-state index contributed by atoms with van der Waals surface area (Å²) in [5, 5.41) is 4.18. The Morgan fingerprint density at radius 1 is 1.10 bits per heavy atom. The third kappa shape index (κ3) is 3.75. The number of hydrogen-bond acceptors (Lipinski definition) is 2. The number of halogens is 1. The molecule has 0 radical (unpaired) electrons. The molecule has 0 amide bonds. The smallest absolute Gasteiger partial charge is 0.0408 e. The van der Waals surface area contributed by atoms with Gasteiger partial charge in [0.1, 0.15) is 0 Å². The Hall–Kier alpha value is -1.51. The summed E-state index contributed by atoms with van der Waals surface area (Å²) in [5.41, 5.74) is 3.75. The second kappa shape index (κ2) is 6.78. The lowest BCUT2D eigenvalue weighted by atomic mass is 9.98. The molecule has 0 aliphatic heterocycles. The zero-order valence-corrected chi connectivity index (χ0v) is 13.0.